The molecule has 1 fully saturated rings. The topological polar surface area (TPSA) is 63.9 Å². The van der Waals surface area contributed by atoms with E-state index in [0.29, 0.717) is 6.54 Å². The van der Waals surface area contributed by atoms with Gasteiger partial charge in [0, 0.05) is 72.1 Å². The molecule has 0 atom stereocenters. The van der Waals surface area contributed by atoms with Crippen molar-refractivity contribution in [3.05, 3.63) is 48.3 Å². The van der Waals surface area contributed by atoms with Gasteiger partial charge in [0.2, 0.25) is 0 Å². The standard InChI is InChI=1S/C20H29N5O2.HI/c1-21-19(22-16-20(26-3)9-11-27-12-10-20)24(2)14-17-13-23-25(15-17)18-7-5-4-6-8-18;/h4-8,13,15H,9-12,14,16H2,1-3H3,(H,21,22);1H. The second kappa shape index (κ2) is 10.8. The molecule has 0 bridgehead atoms. The van der Waals surface area contributed by atoms with Crippen LogP contribution < -0.4 is 5.32 Å². The number of rotatable bonds is 6. The van der Waals surface area contributed by atoms with Gasteiger partial charge in [-0.2, -0.15) is 5.10 Å². The Balaban J connectivity index is 0.00000280. The number of hydrogen-bond donors (Lipinski definition) is 1. The number of aliphatic imine (C=N–C) groups is 1. The third-order valence-corrected chi connectivity index (χ3v) is 5.06. The van der Waals surface area contributed by atoms with Gasteiger partial charge in [-0.25, -0.2) is 4.68 Å². The second-order valence-electron chi connectivity index (χ2n) is 6.89. The molecule has 0 radical (unpaired) electrons. The van der Waals surface area contributed by atoms with Crippen molar-refractivity contribution < 1.29 is 9.47 Å². The largest absolute Gasteiger partial charge is 0.381 e. The first-order valence-electron chi connectivity index (χ1n) is 9.29. The summed E-state index contributed by atoms with van der Waals surface area (Å²) in [4.78, 5) is 6.51. The van der Waals surface area contributed by atoms with Gasteiger partial charge in [0.15, 0.2) is 5.96 Å². The first-order valence-corrected chi connectivity index (χ1v) is 9.29. The molecule has 1 aliphatic rings. The number of ether oxygens (including phenoxy) is 2. The number of halogens is 1. The summed E-state index contributed by atoms with van der Waals surface area (Å²) in [6.45, 7) is 2.91. The molecule has 3 rings (SSSR count). The lowest BCUT2D eigenvalue weighted by molar-refractivity contribution is -0.0857. The van der Waals surface area contributed by atoms with Crippen LogP contribution in [0.1, 0.15) is 18.4 Å². The first-order chi connectivity index (χ1) is 13.2. The molecule has 2 heterocycles. The summed E-state index contributed by atoms with van der Waals surface area (Å²) in [5.41, 5.74) is 1.99. The number of nitrogens with one attached hydrogen (secondary N) is 1. The fourth-order valence-electron chi connectivity index (χ4n) is 3.33. The summed E-state index contributed by atoms with van der Waals surface area (Å²) < 4.78 is 13.2. The van der Waals surface area contributed by atoms with E-state index < -0.39 is 0 Å². The molecule has 1 aliphatic heterocycles. The zero-order valence-corrected chi connectivity index (χ0v) is 19.1. The maximum Gasteiger partial charge on any atom is 0.193 e. The molecule has 2 aromatic rings. The van der Waals surface area contributed by atoms with Crippen LogP contribution >= 0.6 is 24.0 Å². The number of benzene rings is 1. The Hall–Kier alpha value is -1.65. The Morgan fingerprint density at radius 1 is 1.32 bits per heavy atom. The minimum Gasteiger partial charge on any atom is -0.381 e. The van der Waals surface area contributed by atoms with Crippen molar-refractivity contribution in [3.63, 3.8) is 0 Å². The molecular formula is C20H30IN5O2. The molecule has 154 valence electrons. The first kappa shape index (κ1) is 22.6. The van der Waals surface area contributed by atoms with Crippen LogP contribution in [0.5, 0.6) is 0 Å². The highest BCUT2D eigenvalue weighted by Crippen LogP contribution is 2.23. The maximum absolute atomic E-state index is 5.79. The minimum atomic E-state index is -0.187. The highest BCUT2D eigenvalue weighted by atomic mass is 127. The molecule has 7 nitrogen and oxygen atoms in total. The van der Waals surface area contributed by atoms with E-state index in [0.717, 1.165) is 49.8 Å². The Labute approximate surface area is 184 Å². The lowest BCUT2D eigenvalue weighted by atomic mass is 9.94. The van der Waals surface area contributed by atoms with E-state index in [2.05, 4.69) is 20.3 Å². The van der Waals surface area contributed by atoms with Crippen molar-refractivity contribution >= 4 is 29.9 Å². The predicted octanol–water partition coefficient (Wildman–Crippen LogP) is 2.69. The molecule has 28 heavy (non-hydrogen) atoms. The summed E-state index contributed by atoms with van der Waals surface area (Å²) in [5, 5.41) is 7.92. The van der Waals surface area contributed by atoms with Gasteiger partial charge in [-0.15, -0.1) is 24.0 Å². The van der Waals surface area contributed by atoms with Gasteiger partial charge < -0.3 is 19.7 Å². The molecule has 0 spiro atoms. The van der Waals surface area contributed by atoms with Crippen LogP contribution in [0, 0.1) is 0 Å². The van der Waals surface area contributed by atoms with Crippen molar-refractivity contribution in [2.75, 3.05) is 41.0 Å². The van der Waals surface area contributed by atoms with Crippen molar-refractivity contribution in [1.29, 1.82) is 0 Å². The van der Waals surface area contributed by atoms with Gasteiger partial charge in [0.1, 0.15) is 0 Å². The predicted molar refractivity (Wildman–Crippen MR) is 122 cm³/mol. The van der Waals surface area contributed by atoms with Gasteiger partial charge in [-0.05, 0) is 12.1 Å². The highest BCUT2D eigenvalue weighted by Gasteiger charge is 2.32. The average Bonchev–Trinajstić information content (AvgIpc) is 3.18. The Kier molecular flexibility index (Phi) is 8.71. The van der Waals surface area contributed by atoms with E-state index in [1.165, 1.54) is 0 Å². The number of guanidine groups is 1. The van der Waals surface area contributed by atoms with Crippen molar-refractivity contribution in [2.24, 2.45) is 4.99 Å². The number of para-hydroxylation sites is 1. The molecule has 0 unspecified atom stereocenters. The molecular weight excluding hydrogens is 469 g/mol. The molecule has 1 N–H and O–H groups in total. The SMILES string of the molecule is CN=C(NCC1(OC)CCOCC1)N(C)Cc1cnn(-c2ccccc2)c1.I. The van der Waals surface area contributed by atoms with Gasteiger partial charge >= 0.3 is 0 Å². The summed E-state index contributed by atoms with van der Waals surface area (Å²) in [6.07, 6.45) is 5.72. The second-order valence-corrected chi connectivity index (χ2v) is 6.89. The van der Waals surface area contributed by atoms with E-state index >= 15 is 0 Å². The minimum absolute atomic E-state index is 0. The van der Waals surface area contributed by atoms with Crippen LogP contribution in [0.25, 0.3) is 5.69 Å². The Bertz CT molecular complexity index is 744. The Morgan fingerprint density at radius 3 is 2.68 bits per heavy atom. The summed E-state index contributed by atoms with van der Waals surface area (Å²) in [6, 6.07) is 10.1. The van der Waals surface area contributed by atoms with Gasteiger partial charge in [0.05, 0.1) is 17.5 Å². The lowest BCUT2D eigenvalue weighted by Crippen LogP contribution is -2.50. The van der Waals surface area contributed by atoms with Crippen LogP contribution in [0.3, 0.4) is 0 Å². The number of methoxy groups -OCH3 is 1. The monoisotopic (exact) mass is 499 g/mol. The molecule has 1 aromatic heterocycles. The Morgan fingerprint density at radius 2 is 2.04 bits per heavy atom. The third kappa shape index (κ3) is 5.68. The van der Waals surface area contributed by atoms with E-state index in [1.807, 2.05) is 54.5 Å². The average molecular weight is 499 g/mol. The van der Waals surface area contributed by atoms with Gasteiger partial charge in [-0.3, -0.25) is 4.99 Å². The molecule has 1 aromatic carbocycles. The van der Waals surface area contributed by atoms with Crippen molar-refractivity contribution in [2.45, 2.75) is 25.0 Å². The molecule has 0 aliphatic carbocycles. The normalized spacial score (nSPS) is 16.3. The van der Waals surface area contributed by atoms with Gasteiger partial charge in [0.25, 0.3) is 0 Å². The van der Waals surface area contributed by atoms with Crippen molar-refractivity contribution in [3.8, 4) is 5.69 Å². The molecule has 0 saturated carbocycles. The van der Waals surface area contributed by atoms with Crippen LogP contribution in [0.4, 0.5) is 0 Å². The summed E-state index contributed by atoms with van der Waals surface area (Å²) >= 11 is 0. The van der Waals surface area contributed by atoms with E-state index in [9.17, 15) is 0 Å². The molecule has 0 amide bonds. The highest BCUT2D eigenvalue weighted by molar-refractivity contribution is 14.0. The molecule has 8 heteroatoms. The third-order valence-electron chi connectivity index (χ3n) is 5.06. The lowest BCUT2D eigenvalue weighted by Gasteiger charge is -2.37. The molecule has 1 saturated heterocycles. The zero-order valence-electron chi connectivity index (χ0n) is 16.8. The fourth-order valence-corrected chi connectivity index (χ4v) is 3.33. The quantitative estimate of drug-likeness (QED) is 0.376. The smallest absolute Gasteiger partial charge is 0.193 e. The summed E-state index contributed by atoms with van der Waals surface area (Å²) in [7, 11) is 5.60. The van der Waals surface area contributed by atoms with E-state index in [-0.39, 0.29) is 29.6 Å². The van der Waals surface area contributed by atoms with Crippen LogP contribution in [-0.4, -0.2) is 67.2 Å². The summed E-state index contributed by atoms with van der Waals surface area (Å²) in [5.74, 6) is 0.838. The fraction of sp³-hybridized carbons (Fsp3) is 0.500. The van der Waals surface area contributed by atoms with Gasteiger partial charge in [-0.1, -0.05) is 18.2 Å². The van der Waals surface area contributed by atoms with Crippen LogP contribution in [0.2, 0.25) is 0 Å². The maximum atomic E-state index is 5.79. The van der Waals surface area contributed by atoms with E-state index in [1.54, 1.807) is 14.2 Å². The number of aromatic nitrogens is 2. The van der Waals surface area contributed by atoms with E-state index in [4.69, 9.17) is 9.47 Å². The zero-order chi connectivity index (χ0) is 19.1. The number of nitrogens with zero attached hydrogens (tertiary/aromatic N) is 4. The van der Waals surface area contributed by atoms with Crippen LogP contribution in [-0.2, 0) is 16.0 Å². The van der Waals surface area contributed by atoms with Crippen molar-refractivity contribution in [1.82, 2.24) is 20.0 Å². The van der Waals surface area contributed by atoms with Crippen LogP contribution in [0.15, 0.2) is 47.7 Å². The number of hydrogen-bond acceptors (Lipinski definition) is 4.